The van der Waals surface area contributed by atoms with Gasteiger partial charge in [0, 0.05) is 6.61 Å². The second-order valence-electron chi connectivity index (χ2n) is 5.88. The monoisotopic (exact) mass is 212 g/mol. The molecule has 0 amide bonds. The number of carbonyl (C=O) groups excluding carboxylic acids is 1. The first-order valence-electron chi connectivity index (χ1n) is 5.76. The van der Waals surface area contributed by atoms with Crippen LogP contribution < -0.4 is 0 Å². The smallest absolute Gasteiger partial charge is 0.309 e. The maximum Gasteiger partial charge on any atom is 0.309 e. The molecule has 0 aliphatic heterocycles. The molecule has 2 unspecified atom stereocenters. The van der Waals surface area contributed by atoms with Gasteiger partial charge in [-0.1, -0.05) is 0 Å². The second-order valence-corrected chi connectivity index (χ2v) is 5.88. The lowest BCUT2D eigenvalue weighted by Gasteiger charge is -2.22. The topological polar surface area (TPSA) is 46.5 Å². The minimum absolute atomic E-state index is 0.0496. The molecule has 2 aliphatic rings. The van der Waals surface area contributed by atoms with E-state index in [-0.39, 0.29) is 24.1 Å². The molecular formula is C12H20O3. The predicted octanol–water partition coefficient (Wildman–Crippen LogP) is 1.59. The number of aliphatic hydroxyl groups is 1. The lowest BCUT2D eigenvalue weighted by Crippen LogP contribution is -2.28. The van der Waals surface area contributed by atoms with E-state index in [0.717, 1.165) is 12.8 Å². The molecule has 3 heteroatoms. The van der Waals surface area contributed by atoms with Crippen molar-refractivity contribution < 1.29 is 14.6 Å². The third-order valence-corrected chi connectivity index (χ3v) is 3.57. The van der Waals surface area contributed by atoms with Crippen LogP contribution in [-0.4, -0.2) is 23.3 Å². The van der Waals surface area contributed by atoms with Gasteiger partial charge in [-0.25, -0.2) is 0 Å². The molecule has 0 spiro atoms. The summed E-state index contributed by atoms with van der Waals surface area (Å²) in [6.45, 7) is 5.99. The number of esters is 1. The van der Waals surface area contributed by atoms with Gasteiger partial charge >= 0.3 is 5.97 Å². The molecule has 0 heterocycles. The van der Waals surface area contributed by atoms with Crippen LogP contribution in [0.1, 0.15) is 33.6 Å². The summed E-state index contributed by atoms with van der Waals surface area (Å²) in [5.41, 5.74) is -0.375. The van der Waals surface area contributed by atoms with Gasteiger partial charge in [-0.15, -0.1) is 0 Å². The van der Waals surface area contributed by atoms with Crippen molar-refractivity contribution >= 4 is 5.97 Å². The van der Waals surface area contributed by atoms with Gasteiger partial charge in [0.2, 0.25) is 0 Å². The van der Waals surface area contributed by atoms with Gasteiger partial charge in [0.1, 0.15) is 5.60 Å². The Kier molecular flexibility index (Phi) is 2.53. The van der Waals surface area contributed by atoms with Gasteiger partial charge in [-0.05, 0) is 51.4 Å². The minimum Gasteiger partial charge on any atom is -0.460 e. The Bertz CT molecular complexity index is 255. The lowest BCUT2D eigenvalue weighted by atomic mass is 10.00. The molecule has 0 aromatic carbocycles. The highest BCUT2D eigenvalue weighted by molar-refractivity contribution is 5.73. The van der Waals surface area contributed by atoms with Gasteiger partial charge in [0.25, 0.3) is 0 Å². The van der Waals surface area contributed by atoms with Crippen LogP contribution in [0.4, 0.5) is 0 Å². The zero-order chi connectivity index (χ0) is 11.2. The van der Waals surface area contributed by atoms with Crippen LogP contribution in [0.3, 0.4) is 0 Å². The Balaban J connectivity index is 1.82. The van der Waals surface area contributed by atoms with E-state index < -0.39 is 0 Å². The third kappa shape index (κ3) is 2.17. The Morgan fingerprint density at radius 2 is 1.87 bits per heavy atom. The molecule has 0 radical (unpaired) electrons. The largest absolute Gasteiger partial charge is 0.460 e. The highest BCUT2D eigenvalue weighted by Crippen LogP contribution is 2.59. The molecule has 2 atom stereocenters. The molecule has 2 saturated carbocycles. The molecular weight excluding hydrogens is 192 g/mol. The van der Waals surface area contributed by atoms with Gasteiger partial charge in [0.05, 0.1) is 5.92 Å². The number of aliphatic hydroxyl groups excluding tert-OH is 1. The second kappa shape index (κ2) is 3.48. The van der Waals surface area contributed by atoms with Gasteiger partial charge in [0.15, 0.2) is 0 Å². The number of ether oxygens (including phenoxy) is 1. The Morgan fingerprint density at radius 1 is 1.33 bits per heavy atom. The lowest BCUT2D eigenvalue weighted by molar-refractivity contribution is -0.160. The number of carbonyl (C=O) groups is 1. The molecule has 2 rings (SSSR count). The van der Waals surface area contributed by atoms with Crippen molar-refractivity contribution in [1.29, 1.82) is 0 Å². The summed E-state index contributed by atoms with van der Waals surface area (Å²) in [5.74, 6) is 1.69. The molecule has 0 bridgehead atoms. The molecule has 15 heavy (non-hydrogen) atoms. The van der Waals surface area contributed by atoms with Crippen molar-refractivity contribution in [2.24, 2.45) is 23.7 Å². The number of hydrogen-bond acceptors (Lipinski definition) is 3. The fourth-order valence-electron chi connectivity index (χ4n) is 2.83. The van der Waals surface area contributed by atoms with E-state index in [9.17, 15) is 4.79 Å². The van der Waals surface area contributed by atoms with Crippen LogP contribution >= 0.6 is 0 Å². The molecule has 1 N–H and O–H groups in total. The quantitative estimate of drug-likeness (QED) is 0.707. The first-order valence-corrected chi connectivity index (χ1v) is 5.76. The molecule has 0 aromatic heterocycles. The molecule has 2 fully saturated rings. The maximum absolute atomic E-state index is 11.7. The SMILES string of the molecule is CC(C)(C)OC(=O)C1CC2C(CO)C2C1. The molecule has 3 nitrogen and oxygen atoms in total. The summed E-state index contributed by atoms with van der Waals surface area (Å²) in [6.07, 6.45) is 1.84. The molecule has 2 aliphatic carbocycles. The summed E-state index contributed by atoms with van der Waals surface area (Å²) in [5, 5.41) is 9.01. The van der Waals surface area contributed by atoms with Crippen LogP contribution in [0.5, 0.6) is 0 Å². The van der Waals surface area contributed by atoms with E-state index in [1.165, 1.54) is 0 Å². The summed E-state index contributed by atoms with van der Waals surface area (Å²) in [6, 6.07) is 0. The van der Waals surface area contributed by atoms with E-state index in [1.54, 1.807) is 0 Å². The van der Waals surface area contributed by atoms with E-state index in [1.807, 2.05) is 20.8 Å². The van der Waals surface area contributed by atoms with E-state index in [4.69, 9.17) is 9.84 Å². The number of hydrogen-bond donors (Lipinski definition) is 1. The van der Waals surface area contributed by atoms with E-state index in [0.29, 0.717) is 17.8 Å². The fourth-order valence-corrected chi connectivity index (χ4v) is 2.83. The third-order valence-electron chi connectivity index (χ3n) is 3.57. The van der Waals surface area contributed by atoms with Crippen molar-refractivity contribution in [3.63, 3.8) is 0 Å². The first-order chi connectivity index (χ1) is 6.92. The van der Waals surface area contributed by atoms with E-state index >= 15 is 0 Å². The van der Waals surface area contributed by atoms with Crippen molar-refractivity contribution in [2.45, 2.75) is 39.2 Å². The average molecular weight is 212 g/mol. The van der Waals surface area contributed by atoms with Crippen molar-refractivity contribution in [1.82, 2.24) is 0 Å². The van der Waals surface area contributed by atoms with E-state index in [2.05, 4.69) is 0 Å². The highest BCUT2D eigenvalue weighted by atomic mass is 16.6. The molecule has 0 aromatic rings. The highest BCUT2D eigenvalue weighted by Gasteiger charge is 2.57. The van der Waals surface area contributed by atoms with Gasteiger partial charge in [-0.3, -0.25) is 4.79 Å². The fraction of sp³-hybridized carbons (Fsp3) is 0.917. The average Bonchev–Trinajstić information content (AvgIpc) is 2.54. The molecule has 0 saturated heterocycles. The van der Waals surface area contributed by atoms with Crippen LogP contribution in [-0.2, 0) is 9.53 Å². The zero-order valence-corrected chi connectivity index (χ0v) is 9.69. The Morgan fingerprint density at radius 3 is 2.27 bits per heavy atom. The van der Waals surface area contributed by atoms with Crippen LogP contribution in [0.25, 0.3) is 0 Å². The molecule has 86 valence electrons. The van der Waals surface area contributed by atoms with Crippen molar-refractivity contribution in [3.05, 3.63) is 0 Å². The Labute approximate surface area is 90.8 Å². The summed E-state index contributed by atoms with van der Waals surface area (Å²) in [4.78, 5) is 11.7. The Hall–Kier alpha value is -0.570. The number of fused-ring (bicyclic) bond motifs is 1. The summed E-state index contributed by atoms with van der Waals surface area (Å²) < 4.78 is 5.36. The predicted molar refractivity (Wildman–Crippen MR) is 56.1 cm³/mol. The van der Waals surface area contributed by atoms with Gasteiger partial charge in [-0.2, -0.15) is 0 Å². The summed E-state index contributed by atoms with van der Waals surface area (Å²) >= 11 is 0. The van der Waals surface area contributed by atoms with Crippen LogP contribution in [0, 0.1) is 23.7 Å². The summed E-state index contributed by atoms with van der Waals surface area (Å²) in [7, 11) is 0. The standard InChI is InChI=1S/C12H20O3/c1-12(2,3)15-11(14)7-4-8-9(5-7)10(8)6-13/h7-10,13H,4-6H2,1-3H3. The maximum atomic E-state index is 11.7. The van der Waals surface area contributed by atoms with Crippen LogP contribution in [0.2, 0.25) is 0 Å². The van der Waals surface area contributed by atoms with Crippen molar-refractivity contribution in [2.75, 3.05) is 6.61 Å². The first kappa shape index (κ1) is 10.9. The van der Waals surface area contributed by atoms with Gasteiger partial charge < -0.3 is 9.84 Å². The number of rotatable bonds is 2. The van der Waals surface area contributed by atoms with Crippen molar-refractivity contribution in [3.8, 4) is 0 Å². The normalized spacial score (nSPS) is 38.7. The van der Waals surface area contributed by atoms with Crippen LogP contribution in [0.15, 0.2) is 0 Å². The minimum atomic E-state index is -0.375. The zero-order valence-electron chi connectivity index (χ0n) is 9.69.